The fraction of sp³-hybridized carbons (Fsp3) is 0.588. The Morgan fingerprint density at radius 1 is 1.26 bits per heavy atom. The van der Waals surface area contributed by atoms with Crippen molar-refractivity contribution in [1.29, 1.82) is 0 Å². The molecule has 2 aliphatic heterocycles. The smallest absolute Gasteiger partial charge is 0.323 e. The number of methoxy groups -OCH3 is 2. The van der Waals surface area contributed by atoms with Crippen LogP contribution in [-0.2, 0) is 25.5 Å². The molecular formula is C17H23NO5. The maximum absolute atomic E-state index is 12.1. The fourth-order valence-electron chi connectivity index (χ4n) is 3.23. The van der Waals surface area contributed by atoms with Crippen LogP contribution < -0.4 is 4.74 Å². The van der Waals surface area contributed by atoms with Gasteiger partial charge in [0.25, 0.3) is 0 Å². The van der Waals surface area contributed by atoms with Crippen LogP contribution in [0.15, 0.2) is 24.3 Å². The molecule has 6 nitrogen and oxygen atoms in total. The summed E-state index contributed by atoms with van der Waals surface area (Å²) in [4.78, 5) is 14.2. The highest BCUT2D eigenvalue weighted by Gasteiger charge is 2.50. The van der Waals surface area contributed by atoms with Gasteiger partial charge in [-0.3, -0.25) is 9.69 Å². The molecule has 23 heavy (non-hydrogen) atoms. The van der Waals surface area contributed by atoms with Gasteiger partial charge in [0.1, 0.15) is 11.8 Å². The van der Waals surface area contributed by atoms with Gasteiger partial charge in [-0.1, -0.05) is 12.1 Å². The fourth-order valence-corrected chi connectivity index (χ4v) is 3.23. The van der Waals surface area contributed by atoms with Gasteiger partial charge in [0.15, 0.2) is 5.79 Å². The van der Waals surface area contributed by atoms with Crippen LogP contribution in [0.4, 0.5) is 0 Å². The monoisotopic (exact) mass is 321 g/mol. The van der Waals surface area contributed by atoms with Gasteiger partial charge in [-0.05, 0) is 24.1 Å². The molecule has 0 aliphatic carbocycles. The minimum absolute atomic E-state index is 0.242. The van der Waals surface area contributed by atoms with Crippen LogP contribution in [0.3, 0.4) is 0 Å². The van der Waals surface area contributed by atoms with E-state index in [1.807, 2.05) is 24.3 Å². The molecule has 0 unspecified atom stereocenters. The SMILES string of the molecule is COC(=O)[C@H]1CC2(CN1Cc1ccc(OC)cc1)OCCCO2. The Balaban J connectivity index is 1.75. The van der Waals surface area contributed by atoms with E-state index in [2.05, 4.69) is 4.90 Å². The van der Waals surface area contributed by atoms with Crippen LogP contribution in [0, 0.1) is 0 Å². The molecule has 1 aromatic rings. The maximum Gasteiger partial charge on any atom is 0.323 e. The van der Waals surface area contributed by atoms with Gasteiger partial charge >= 0.3 is 5.97 Å². The highest BCUT2D eigenvalue weighted by molar-refractivity contribution is 5.76. The molecule has 1 aromatic carbocycles. The van der Waals surface area contributed by atoms with E-state index in [0.717, 1.165) is 17.7 Å². The number of esters is 1. The minimum Gasteiger partial charge on any atom is -0.497 e. The molecule has 0 N–H and O–H groups in total. The van der Waals surface area contributed by atoms with Crippen LogP contribution in [0.2, 0.25) is 0 Å². The Morgan fingerprint density at radius 2 is 1.96 bits per heavy atom. The lowest BCUT2D eigenvalue weighted by molar-refractivity contribution is -0.258. The second kappa shape index (κ2) is 6.86. The molecule has 0 amide bonds. The molecule has 1 spiro atoms. The molecular weight excluding hydrogens is 298 g/mol. The molecule has 6 heteroatoms. The lowest BCUT2D eigenvalue weighted by Gasteiger charge is -2.33. The van der Waals surface area contributed by atoms with E-state index in [0.29, 0.717) is 32.7 Å². The van der Waals surface area contributed by atoms with Crippen LogP contribution in [0.25, 0.3) is 0 Å². The van der Waals surface area contributed by atoms with Crippen LogP contribution >= 0.6 is 0 Å². The highest BCUT2D eigenvalue weighted by Crippen LogP contribution is 2.35. The normalized spacial score (nSPS) is 23.8. The standard InChI is InChI=1S/C17H23NO5/c1-20-14-6-4-13(5-7-14)11-18-12-17(22-8-3-9-23-17)10-15(18)16(19)21-2/h4-7,15H,3,8-12H2,1-2H3/t15-/m1/s1. The average molecular weight is 321 g/mol. The van der Waals surface area contributed by atoms with E-state index in [-0.39, 0.29) is 12.0 Å². The first-order valence-electron chi connectivity index (χ1n) is 7.88. The quantitative estimate of drug-likeness (QED) is 0.785. The molecule has 3 rings (SSSR count). The summed E-state index contributed by atoms with van der Waals surface area (Å²) in [5.74, 6) is -0.105. The number of benzene rings is 1. The van der Waals surface area contributed by atoms with E-state index >= 15 is 0 Å². The Morgan fingerprint density at radius 3 is 2.57 bits per heavy atom. The van der Waals surface area contributed by atoms with Crippen molar-refractivity contribution in [1.82, 2.24) is 4.90 Å². The van der Waals surface area contributed by atoms with Gasteiger partial charge in [-0.2, -0.15) is 0 Å². The van der Waals surface area contributed by atoms with E-state index in [4.69, 9.17) is 18.9 Å². The minimum atomic E-state index is -0.677. The molecule has 2 heterocycles. The van der Waals surface area contributed by atoms with Crippen molar-refractivity contribution < 1.29 is 23.7 Å². The first-order valence-corrected chi connectivity index (χ1v) is 7.88. The van der Waals surface area contributed by atoms with Gasteiger partial charge in [-0.15, -0.1) is 0 Å². The Kier molecular flexibility index (Phi) is 4.84. The summed E-state index contributed by atoms with van der Waals surface area (Å²) < 4.78 is 21.9. The van der Waals surface area contributed by atoms with Gasteiger partial charge < -0.3 is 18.9 Å². The summed E-state index contributed by atoms with van der Waals surface area (Å²) in [5, 5.41) is 0. The Labute approximate surface area is 136 Å². The molecule has 0 bridgehead atoms. The van der Waals surface area contributed by atoms with Crippen molar-refractivity contribution in [3.63, 3.8) is 0 Å². The van der Waals surface area contributed by atoms with Gasteiger partial charge in [-0.25, -0.2) is 0 Å². The third-order valence-electron chi connectivity index (χ3n) is 4.43. The molecule has 0 saturated carbocycles. The van der Waals surface area contributed by atoms with E-state index < -0.39 is 5.79 Å². The largest absolute Gasteiger partial charge is 0.497 e. The second-order valence-corrected chi connectivity index (χ2v) is 5.96. The second-order valence-electron chi connectivity index (χ2n) is 5.96. The highest BCUT2D eigenvalue weighted by atomic mass is 16.7. The van der Waals surface area contributed by atoms with Crippen molar-refractivity contribution in [3.8, 4) is 5.75 Å². The third-order valence-corrected chi connectivity index (χ3v) is 4.43. The van der Waals surface area contributed by atoms with Gasteiger partial charge in [0.2, 0.25) is 0 Å². The summed E-state index contributed by atoms with van der Waals surface area (Å²) in [6.07, 6.45) is 1.40. The lowest BCUT2D eigenvalue weighted by Crippen LogP contribution is -2.42. The Bertz CT molecular complexity index is 538. The molecule has 1 atom stereocenters. The molecule has 126 valence electrons. The van der Waals surface area contributed by atoms with Crippen molar-refractivity contribution >= 4 is 5.97 Å². The van der Waals surface area contributed by atoms with Crippen LogP contribution in [0.5, 0.6) is 5.75 Å². The first kappa shape index (κ1) is 16.2. The van der Waals surface area contributed by atoms with Gasteiger partial charge in [0, 0.05) is 13.0 Å². The number of nitrogens with zero attached hydrogens (tertiary/aromatic N) is 1. The van der Waals surface area contributed by atoms with Crippen LogP contribution in [0.1, 0.15) is 18.4 Å². The van der Waals surface area contributed by atoms with E-state index in [1.54, 1.807) is 7.11 Å². The third kappa shape index (κ3) is 3.49. The number of likely N-dealkylation sites (tertiary alicyclic amines) is 1. The molecule has 2 fully saturated rings. The summed E-state index contributed by atoms with van der Waals surface area (Å²) in [5.41, 5.74) is 1.10. The first-order chi connectivity index (χ1) is 11.2. The van der Waals surface area contributed by atoms with Crippen molar-refractivity contribution in [2.24, 2.45) is 0 Å². The number of hydrogen-bond donors (Lipinski definition) is 0. The Hall–Kier alpha value is -1.63. The summed E-state index contributed by atoms with van der Waals surface area (Å²) in [6, 6.07) is 7.49. The van der Waals surface area contributed by atoms with Gasteiger partial charge in [0.05, 0.1) is 34.0 Å². The number of carbonyl (C=O) groups excluding carboxylic acids is 1. The molecule has 2 aliphatic rings. The predicted octanol–water partition coefficient (Wildman–Crippen LogP) is 1.58. The zero-order valence-electron chi connectivity index (χ0n) is 13.6. The molecule has 0 radical (unpaired) electrons. The van der Waals surface area contributed by atoms with Crippen molar-refractivity contribution in [3.05, 3.63) is 29.8 Å². The number of hydrogen-bond acceptors (Lipinski definition) is 6. The van der Waals surface area contributed by atoms with Crippen molar-refractivity contribution in [2.75, 3.05) is 34.0 Å². The van der Waals surface area contributed by atoms with Crippen molar-refractivity contribution in [2.45, 2.75) is 31.2 Å². The zero-order chi connectivity index (χ0) is 16.3. The number of ether oxygens (including phenoxy) is 4. The maximum atomic E-state index is 12.1. The average Bonchev–Trinajstić information content (AvgIpc) is 2.93. The number of carbonyl (C=O) groups is 1. The van der Waals surface area contributed by atoms with Crippen LogP contribution in [-0.4, -0.2) is 56.7 Å². The molecule has 0 aromatic heterocycles. The lowest BCUT2D eigenvalue weighted by atomic mass is 10.1. The topological polar surface area (TPSA) is 57.2 Å². The number of rotatable bonds is 4. The van der Waals surface area contributed by atoms with E-state index in [9.17, 15) is 4.79 Å². The summed E-state index contributed by atoms with van der Waals surface area (Å²) >= 11 is 0. The summed E-state index contributed by atoms with van der Waals surface area (Å²) in [6.45, 7) is 2.55. The van der Waals surface area contributed by atoms with E-state index in [1.165, 1.54) is 7.11 Å². The molecule has 2 saturated heterocycles. The summed E-state index contributed by atoms with van der Waals surface area (Å²) in [7, 11) is 3.06. The zero-order valence-corrected chi connectivity index (χ0v) is 13.6. The predicted molar refractivity (Wildman–Crippen MR) is 83.1 cm³/mol.